The van der Waals surface area contributed by atoms with Crippen molar-refractivity contribution in [1.82, 2.24) is 4.90 Å². The molecular weight excluding hydrogens is 434 g/mol. The number of aliphatic hydroxyl groups excluding tert-OH is 1. The number of nitrogens with zero attached hydrogens (tertiary/aromatic N) is 1. The summed E-state index contributed by atoms with van der Waals surface area (Å²) in [5, 5.41) is 11.1. The third-order valence-electron chi connectivity index (χ3n) is 6.60. The second-order valence-electron chi connectivity index (χ2n) is 11.1. The predicted octanol–water partition coefficient (Wildman–Crippen LogP) is 5.19. The predicted molar refractivity (Wildman–Crippen MR) is 129 cm³/mol. The molecule has 1 aromatic carbocycles. The van der Waals surface area contributed by atoms with Crippen LogP contribution >= 0.6 is 0 Å². The Morgan fingerprint density at radius 3 is 2.41 bits per heavy atom. The summed E-state index contributed by atoms with van der Waals surface area (Å²) < 4.78 is 17.3. The molecule has 3 atom stereocenters. The zero-order chi connectivity index (χ0) is 24.9. The quantitative estimate of drug-likeness (QED) is 0.546. The molecule has 0 aromatic heterocycles. The number of hydrogen-bond donors (Lipinski definition) is 1. The number of rotatable bonds is 7. The Kier molecular flexibility index (Phi) is 8.63. The van der Waals surface area contributed by atoms with Crippen molar-refractivity contribution in [3.8, 4) is 0 Å². The van der Waals surface area contributed by atoms with Crippen molar-refractivity contribution >= 4 is 12.1 Å². The van der Waals surface area contributed by atoms with Gasteiger partial charge in [0.2, 0.25) is 0 Å². The Morgan fingerprint density at radius 2 is 1.79 bits per heavy atom. The number of carbonyl (C=O) groups excluding carboxylic acids is 2. The van der Waals surface area contributed by atoms with Gasteiger partial charge in [0.05, 0.1) is 18.6 Å². The third kappa shape index (κ3) is 7.19. The third-order valence-corrected chi connectivity index (χ3v) is 6.60. The number of aliphatic hydroxyl groups is 1. The maximum atomic E-state index is 13.2. The Balaban J connectivity index is 1.73. The van der Waals surface area contributed by atoms with E-state index in [1.807, 2.05) is 65.0 Å². The Morgan fingerprint density at radius 1 is 1.15 bits per heavy atom. The monoisotopic (exact) mass is 475 g/mol. The van der Waals surface area contributed by atoms with Crippen LogP contribution in [0.3, 0.4) is 0 Å². The number of ether oxygens (including phenoxy) is 3. The first-order valence-corrected chi connectivity index (χ1v) is 12.5. The van der Waals surface area contributed by atoms with Crippen LogP contribution in [0.5, 0.6) is 0 Å². The van der Waals surface area contributed by atoms with Crippen molar-refractivity contribution in [2.24, 2.45) is 5.92 Å². The van der Waals surface area contributed by atoms with E-state index in [2.05, 4.69) is 0 Å². The van der Waals surface area contributed by atoms with E-state index < -0.39 is 35.6 Å². The Bertz CT molecular complexity index is 812. The summed E-state index contributed by atoms with van der Waals surface area (Å²) in [6, 6.07) is 9.04. The molecule has 1 N–H and O–H groups in total. The molecule has 1 aliphatic carbocycles. The SMILES string of the molecule is CC(C)(C)OC(=O)N1[C@@H](CC2CCCCC2)[C@H]([C@@H](O)CC(=O)OCc2ccccc2)OC1(C)C. The summed E-state index contributed by atoms with van der Waals surface area (Å²) in [5.74, 6) is -0.0502. The molecule has 2 fully saturated rings. The molecule has 0 unspecified atom stereocenters. The van der Waals surface area contributed by atoms with Crippen LogP contribution in [0.2, 0.25) is 0 Å². The highest BCUT2D eigenvalue weighted by Crippen LogP contribution is 2.40. The number of esters is 1. The summed E-state index contributed by atoms with van der Waals surface area (Å²) in [4.78, 5) is 27.4. The van der Waals surface area contributed by atoms with Gasteiger partial charge in [-0.25, -0.2) is 4.79 Å². The summed E-state index contributed by atoms with van der Waals surface area (Å²) >= 11 is 0. The van der Waals surface area contributed by atoms with Crippen LogP contribution in [0.1, 0.15) is 85.1 Å². The molecule has 190 valence electrons. The molecular formula is C27H41NO6. The number of carbonyl (C=O) groups is 2. The lowest BCUT2D eigenvalue weighted by Gasteiger charge is -2.37. The van der Waals surface area contributed by atoms with E-state index in [0.29, 0.717) is 12.3 Å². The second kappa shape index (κ2) is 11.1. The van der Waals surface area contributed by atoms with E-state index in [1.165, 1.54) is 19.3 Å². The zero-order valence-electron chi connectivity index (χ0n) is 21.3. The van der Waals surface area contributed by atoms with Crippen LogP contribution in [0.4, 0.5) is 4.79 Å². The number of benzene rings is 1. The molecule has 0 bridgehead atoms. The van der Waals surface area contributed by atoms with Crippen LogP contribution in [0.15, 0.2) is 30.3 Å². The minimum Gasteiger partial charge on any atom is -0.461 e. The van der Waals surface area contributed by atoms with Gasteiger partial charge in [-0.2, -0.15) is 0 Å². The molecule has 7 nitrogen and oxygen atoms in total. The summed E-state index contributed by atoms with van der Waals surface area (Å²) in [6.07, 6.45) is 4.04. The molecule has 0 radical (unpaired) electrons. The van der Waals surface area contributed by atoms with Crippen molar-refractivity contribution in [3.63, 3.8) is 0 Å². The molecule has 1 heterocycles. The van der Waals surface area contributed by atoms with Crippen LogP contribution < -0.4 is 0 Å². The molecule has 1 saturated heterocycles. The summed E-state index contributed by atoms with van der Waals surface area (Å²) in [5.41, 5.74) is -0.739. The normalized spacial score (nSPS) is 24.0. The standard InChI is InChI=1S/C27H41NO6/c1-26(2,3)34-25(31)28-21(16-19-12-8-6-9-13-19)24(33-27(28,4)5)22(29)17-23(30)32-18-20-14-10-7-11-15-20/h7,10-11,14-15,19,21-22,24,29H,6,8-9,12-13,16-18H2,1-5H3/t21-,22-,24+/m0/s1. The van der Waals surface area contributed by atoms with Gasteiger partial charge in [-0.15, -0.1) is 0 Å². The van der Waals surface area contributed by atoms with Gasteiger partial charge in [0.1, 0.15) is 24.0 Å². The highest BCUT2D eigenvalue weighted by molar-refractivity contribution is 5.71. The van der Waals surface area contributed by atoms with Gasteiger partial charge < -0.3 is 19.3 Å². The van der Waals surface area contributed by atoms with Gasteiger partial charge in [-0.1, -0.05) is 62.4 Å². The van der Waals surface area contributed by atoms with Crippen molar-refractivity contribution in [2.75, 3.05) is 0 Å². The fourth-order valence-electron chi connectivity index (χ4n) is 5.10. The van der Waals surface area contributed by atoms with E-state index in [0.717, 1.165) is 18.4 Å². The van der Waals surface area contributed by atoms with Gasteiger partial charge in [-0.05, 0) is 52.5 Å². The number of amides is 1. The van der Waals surface area contributed by atoms with E-state index in [-0.39, 0.29) is 19.1 Å². The van der Waals surface area contributed by atoms with E-state index in [4.69, 9.17) is 14.2 Å². The topological polar surface area (TPSA) is 85.3 Å². The fraction of sp³-hybridized carbons (Fsp3) is 0.704. The lowest BCUT2D eigenvalue weighted by atomic mass is 9.82. The molecule has 0 spiro atoms. The molecule has 2 aliphatic rings. The first-order valence-electron chi connectivity index (χ1n) is 12.5. The lowest BCUT2D eigenvalue weighted by molar-refractivity contribution is -0.152. The first kappa shape index (κ1) is 26.5. The molecule has 1 aliphatic heterocycles. The maximum Gasteiger partial charge on any atom is 0.412 e. The average Bonchev–Trinajstić information content (AvgIpc) is 3.03. The van der Waals surface area contributed by atoms with E-state index in [9.17, 15) is 14.7 Å². The molecule has 34 heavy (non-hydrogen) atoms. The maximum absolute atomic E-state index is 13.2. The van der Waals surface area contributed by atoms with E-state index in [1.54, 1.807) is 4.90 Å². The van der Waals surface area contributed by atoms with Crippen molar-refractivity contribution < 1.29 is 28.9 Å². The first-order chi connectivity index (χ1) is 16.0. The largest absolute Gasteiger partial charge is 0.461 e. The molecule has 7 heteroatoms. The van der Waals surface area contributed by atoms with Gasteiger partial charge in [0.25, 0.3) is 0 Å². The van der Waals surface area contributed by atoms with Crippen LogP contribution in [-0.4, -0.2) is 51.6 Å². The molecule has 1 aromatic rings. The van der Waals surface area contributed by atoms with Gasteiger partial charge in [0.15, 0.2) is 0 Å². The Labute approximate surface area is 203 Å². The van der Waals surface area contributed by atoms with Gasteiger partial charge >= 0.3 is 12.1 Å². The summed E-state index contributed by atoms with van der Waals surface area (Å²) in [7, 11) is 0. The fourth-order valence-corrected chi connectivity index (χ4v) is 5.10. The molecule has 3 rings (SSSR count). The highest BCUT2D eigenvalue weighted by Gasteiger charge is 2.54. The van der Waals surface area contributed by atoms with Crippen LogP contribution in [0.25, 0.3) is 0 Å². The number of hydrogen-bond acceptors (Lipinski definition) is 6. The highest BCUT2D eigenvalue weighted by atomic mass is 16.6. The van der Waals surface area contributed by atoms with Crippen molar-refractivity contribution in [3.05, 3.63) is 35.9 Å². The summed E-state index contributed by atoms with van der Waals surface area (Å²) in [6.45, 7) is 9.27. The zero-order valence-corrected chi connectivity index (χ0v) is 21.3. The second-order valence-corrected chi connectivity index (χ2v) is 11.1. The van der Waals surface area contributed by atoms with E-state index >= 15 is 0 Å². The lowest BCUT2D eigenvalue weighted by Crippen LogP contribution is -2.51. The minimum atomic E-state index is -1.09. The molecule has 1 saturated carbocycles. The Hall–Kier alpha value is -2.12. The van der Waals surface area contributed by atoms with Crippen molar-refractivity contribution in [1.29, 1.82) is 0 Å². The smallest absolute Gasteiger partial charge is 0.412 e. The average molecular weight is 476 g/mol. The van der Waals surface area contributed by atoms with Crippen molar-refractivity contribution in [2.45, 2.75) is 116 Å². The van der Waals surface area contributed by atoms with Crippen LogP contribution in [-0.2, 0) is 25.6 Å². The minimum absolute atomic E-state index is 0.152. The van der Waals surface area contributed by atoms with Gasteiger partial charge in [0, 0.05) is 0 Å². The molecule has 1 amide bonds. The van der Waals surface area contributed by atoms with Gasteiger partial charge in [-0.3, -0.25) is 9.69 Å². The van der Waals surface area contributed by atoms with Crippen LogP contribution in [0, 0.1) is 5.92 Å².